The lowest BCUT2D eigenvalue weighted by Gasteiger charge is -2.02. The SMILES string of the molecule is NNC(=O)Cc1ccc(Cn2cc(Cl)c([N+](=O)[O-])n2)cc1. The van der Waals surface area contributed by atoms with Crippen molar-refractivity contribution in [2.24, 2.45) is 5.84 Å². The minimum atomic E-state index is -0.632. The molecule has 0 spiro atoms. The van der Waals surface area contributed by atoms with Gasteiger partial charge in [0.2, 0.25) is 5.91 Å². The molecule has 0 fully saturated rings. The first-order valence-electron chi connectivity index (χ1n) is 5.94. The van der Waals surface area contributed by atoms with Gasteiger partial charge in [-0.3, -0.25) is 10.2 Å². The molecular weight excluding hydrogens is 298 g/mol. The van der Waals surface area contributed by atoms with Crippen molar-refractivity contribution in [3.8, 4) is 0 Å². The lowest BCUT2D eigenvalue weighted by atomic mass is 10.1. The maximum absolute atomic E-state index is 11.1. The number of benzene rings is 1. The first kappa shape index (κ1) is 14.9. The van der Waals surface area contributed by atoms with Gasteiger partial charge >= 0.3 is 5.82 Å². The van der Waals surface area contributed by atoms with Crippen LogP contribution in [0, 0.1) is 10.1 Å². The molecule has 1 heterocycles. The van der Waals surface area contributed by atoms with E-state index < -0.39 is 4.92 Å². The number of nitrogens with zero attached hydrogens (tertiary/aromatic N) is 3. The Bertz CT molecular complexity index is 668. The van der Waals surface area contributed by atoms with Crippen molar-refractivity contribution in [2.45, 2.75) is 13.0 Å². The summed E-state index contributed by atoms with van der Waals surface area (Å²) in [5.41, 5.74) is 3.74. The zero-order valence-corrected chi connectivity index (χ0v) is 11.6. The summed E-state index contributed by atoms with van der Waals surface area (Å²) in [6, 6.07) is 7.18. The average molecular weight is 310 g/mol. The van der Waals surface area contributed by atoms with E-state index in [0.717, 1.165) is 11.1 Å². The van der Waals surface area contributed by atoms with Crippen molar-refractivity contribution in [3.63, 3.8) is 0 Å². The molecule has 0 atom stereocenters. The summed E-state index contributed by atoms with van der Waals surface area (Å²) in [6.07, 6.45) is 1.59. The van der Waals surface area contributed by atoms with E-state index in [9.17, 15) is 14.9 Å². The molecule has 0 bridgehead atoms. The fraction of sp³-hybridized carbons (Fsp3) is 0.167. The highest BCUT2D eigenvalue weighted by Gasteiger charge is 2.18. The molecule has 1 aromatic heterocycles. The minimum absolute atomic E-state index is 0.00348. The predicted molar refractivity (Wildman–Crippen MR) is 75.5 cm³/mol. The number of hydrogen-bond donors (Lipinski definition) is 2. The highest BCUT2D eigenvalue weighted by atomic mass is 35.5. The monoisotopic (exact) mass is 309 g/mol. The highest BCUT2D eigenvalue weighted by Crippen LogP contribution is 2.21. The summed E-state index contributed by atoms with van der Waals surface area (Å²) >= 11 is 5.72. The topological polar surface area (TPSA) is 116 Å². The number of nitrogens with one attached hydrogen (secondary N) is 1. The summed E-state index contributed by atoms with van der Waals surface area (Å²) in [5, 5.41) is 14.5. The van der Waals surface area contributed by atoms with Gasteiger partial charge < -0.3 is 10.1 Å². The van der Waals surface area contributed by atoms with E-state index in [4.69, 9.17) is 17.4 Å². The van der Waals surface area contributed by atoms with Gasteiger partial charge in [-0.1, -0.05) is 35.9 Å². The first-order valence-corrected chi connectivity index (χ1v) is 6.32. The number of nitro groups is 1. The molecule has 110 valence electrons. The van der Waals surface area contributed by atoms with Crippen LogP contribution in [-0.2, 0) is 17.8 Å². The van der Waals surface area contributed by atoms with E-state index in [0.29, 0.717) is 6.54 Å². The number of rotatable bonds is 5. The Hall–Kier alpha value is -2.45. The van der Waals surface area contributed by atoms with E-state index in [1.807, 2.05) is 0 Å². The normalized spacial score (nSPS) is 10.4. The number of hydrazine groups is 1. The molecule has 2 rings (SSSR count). The Morgan fingerprint density at radius 3 is 2.52 bits per heavy atom. The third kappa shape index (κ3) is 3.77. The van der Waals surface area contributed by atoms with Gasteiger partial charge in [0, 0.05) is 0 Å². The molecule has 0 radical (unpaired) electrons. The molecule has 3 N–H and O–H groups in total. The summed E-state index contributed by atoms with van der Waals surface area (Å²) in [6.45, 7) is 0.344. The zero-order chi connectivity index (χ0) is 15.4. The molecule has 0 saturated carbocycles. The van der Waals surface area contributed by atoms with Crippen LogP contribution in [-0.4, -0.2) is 20.6 Å². The molecule has 2 aromatic rings. The van der Waals surface area contributed by atoms with Crippen molar-refractivity contribution in [1.29, 1.82) is 0 Å². The number of nitrogens with two attached hydrogens (primary N) is 1. The Morgan fingerprint density at radius 2 is 2.00 bits per heavy atom. The molecule has 0 unspecified atom stereocenters. The molecule has 1 aromatic carbocycles. The van der Waals surface area contributed by atoms with Crippen LogP contribution in [0.5, 0.6) is 0 Å². The summed E-state index contributed by atoms with van der Waals surface area (Å²) in [5.74, 6) is 4.37. The van der Waals surface area contributed by atoms with Gasteiger partial charge in [0.1, 0.15) is 0 Å². The van der Waals surface area contributed by atoms with Crippen molar-refractivity contribution in [3.05, 3.63) is 56.7 Å². The van der Waals surface area contributed by atoms with E-state index in [2.05, 4.69) is 10.5 Å². The number of carbonyl (C=O) groups excluding carboxylic acids is 1. The van der Waals surface area contributed by atoms with Gasteiger partial charge in [0.05, 0.1) is 24.3 Å². The third-order valence-corrected chi connectivity index (χ3v) is 3.03. The van der Waals surface area contributed by atoms with Crippen molar-refractivity contribution < 1.29 is 9.72 Å². The number of amides is 1. The molecule has 0 aliphatic heterocycles. The van der Waals surface area contributed by atoms with Crippen LogP contribution in [0.3, 0.4) is 0 Å². The summed E-state index contributed by atoms with van der Waals surface area (Å²) in [4.78, 5) is 21.2. The van der Waals surface area contributed by atoms with E-state index >= 15 is 0 Å². The van der Waals surface area contributed by atoms with Crippen LogP contribution in [0.15, 0.2) is 30.5 Å². The minimum Gasteiger partial charge on any atom is -0.358 e. The van der Waals surface area contributed by atoms with Crippen LogP contribution in [0.2, 0.25) is 5.02 Å². The number of aromatic nitrogens is 2. The second-order valence-corrected chi connectivity index (χ2v) is 4.72. The third-order valence-electron chi connectivity index (χ3n) is 2.77. The van der Waals surface area contributed by atoms with E-state index in [-0.39, 0.29) is 23.2 Å². The maximum Gasteiger partial charge on any atom is 0.408 e. The second-order valence-electron chi connectivity index (χ2n) is 4.32. The fourth-order valence-electron chi connectivity index (χ4n) is 1.78. The Morgan fingerprint density at radius 1 is 1.38 bits per heavy atom. The van der Waals surface area contributed by atoms with Gasteiger partial charge in [-0.2, -0.15) is 4.68 Å². The highest BCUT2D eigenvalue weighted by molar-refractivity contribution is 6.32. The molecular formula is C12H12ClN5O3. The standard InChI is InChI=1S/C12H12ClN5O3/c13-10-7-17(16-12(10)18(20)21)6-9-3-1-8(2-4-9)5-11(19)15-14/h1-4,7H,5-6,14H2,(H,15,19). The molecule has 0 aliphatic rings. The lowest BCUT2D eigenvalue weighted by Crippen LogP contribution is -2.31. The van der Waals surface area contributed by atoms with Gasteiger partial charge in [0.25, 0.3) is 0 Å². The second kappa shape index (κ2) is 6.33. The Kier molecular flexibility index (Phi) is 4.51. The zero-order valence-electron chi connectivity index (χ0n) is 10.8. The van der Waals surface area contributed by atoms with Crippen LogP contribution in [0.1, 0.15) is 11.1 Å². The molecule has 0 saturated heterocycles. The molecule has 8 nitrogen and oxygen atoms in total. The van der Waals surface area contributed by atoms with Crippen LogP contribution >= 0.6 is 11.6 Å². The molecule has 1 amide bonds. The number of halogens is 1. The molecule has 21 heavy (non-hydrogen) atoms. The van der Waals surface area contributed by atoms with E-state index in [1.165, 1.54) is 10.9 Å². The van der Waals surface area contributed by atoms with Crippen molar-refractivity contribution >= 4 is 23.3 Å². The van der Waals surface area contributed by atoms with Gasteiger partial charge in [-0.25, -0.2) is 5.84 Å². The van der Waals surface area contributed by atoms with E-state index in [1.54, 1.807) is 24.3 Å². The predicted octanol–water partition coefficient (Wildman–Crippen LogP) is 1.03. The Labute approximate surface area is 124 Å². The number of carbonyl (C=O) groups is 1. The fourth-order valence-corrected chi connectivity index (χ4v) is 2.00. The van der Waals surface area contributed by atoms with Crippen LogP contribution < -0.4 is 11.3 Å². The van der Waals surface area contributed by atoms with Crippen molar-refractivity contribution in [2.75, 3.05) is 0 Å². The Balaban J connectivity index is 2.08. The summed E-state index contributed by atoms with van der Waals surface area (Å²) < 4.78 is 1.39. The number of hydrogen-bond acceptors (Lipinski definition) is 5. The van der Waals surface area contributed by atoms with Crippen LogP contribution in [0.4, 0.5) is 5.82 Å². The maximum atomic E-state index is 11.1. The molecule has 0 aliphatic carbocycles. The van der Waals surface area contributed by atoms with Gasteiger partial charge in [-0.15, -0.1) is 0 Å². The van der Waals surface area contributed by atoms with Gasteiger partial charge in [-0.05, 0) is 16.1 Å². The quantitative estimate of drug-likeness (QED) is 0.370. The molecule has 9 heteroatoms. The first-order chi connectivity index (χ1) is 9.99. The van der Waals surface area contributed by atoms with Crippen molar-refractivity contribution in [1.82, 2.24) is 15.2 Å². The smallest absolute Gasteiger partial charge is 0.358 e. The summed E-state index contributed by atoms with van der Waals surface area (Å²) in [7, 11) is 0. The van der Waals surface area contributed by atoms with Gasteiger partial charge in [0.15, 0.2) is 5.02 Å². The van der Waals surface area contributed by atoms with Crippen LogP contribution in [0.25, 0.3) is 0 Å². The largest absolute Gasteiger partial charge is 0.408 e. The average Bonchev–Trinajstić information content (AvgIpc) is 2.82. The lowest BCUT2D eigenvalue weighted by molar-refractivity contribution is -0.389.